The van der Waals surface area contributed by atoms with Crippen molar-refractivity contribution in [3.05, 3.63) is 96.3 Å². The van der Waals surface area contributed by atoms with Gasteiger partial charge >= 0.3 is 0 Å². The first-order chi connectivity index (χ1) is 11.3. The molecule has 0 spiro atoms. The van der Waals surface area contributed by atoms with Crippen molar-refractivity contribution in [2.75, 3.05) is 0 Å². The predicted octanol–water partition coefficient (Wildman–Crippen LogP) is 4.81. The highest BCUT2D eigenvalue weighted by molar-refractivity contribution is 5.84. The van der Waals surface area contributed by atoms with Crippen molar-refractivity contribution in [1.82, 2.24) is 0 Å². The summed E-state index contributed by atoms with van der Waals surface area (Å²) in [6, 6.07) is 28.2. The molecule has 4 rings (SSSR count). The smallest absolute Gasteiger partial charge is 0.224 e. The highest BCUT2D eigenvalue weighted by atomic mass is 16.5. The topological polar surface area (TPSA) is 26.9 Å². The van der Waals surface area contributed by atoms with E-state index in [1.54, 1.807) is 6.20 Å². The van der Waals surface area contributed by atoms with Crippen LogP contribution in [0.4, 0.5) is 0 Å². The van der Waals surface area contributed by atoms with Crippen molar-refractivity contribution < 1.29 is 4.73 Å². The highest BCUT2D eigenvalue weighted by Crippen LogP contribution is 2.24. The number of hydrogen-bond acceptors (Lipinski definition) is 1. The van der Waals surface area contributed by atoms with Gasteiger partial charge in [-0.05, 0) is 34.7 Å². The Morgan fingerprint density at radius 1 is 0.565 bits per heavy atom. The van der Waals surface area contributed by atoms with Crippen LogP contribution in [0.1, 0.15) is 0 Å². The first-order valence-electron chi connectivity index (χ1n) is 7.59. The van der Waals surface area contributed by atoms with E-state index in [0.29, 0.717) is 5.69 Å². The first kappa shape index (κ1) is 13.5. The maximum atomic E-state index is 12.3. The van der Waals surface area contributed by atoms with Crippen LogP contribution < -0.4 is 4.73 Å². The molecule has 1 aromatic heterocycles. The zero-order chi connectivity index (χ0) is 15.6. The van der Waals surface area contributed by atoms with Gasteiger partial charge in [-0.1, -0.05) is 60.7 Å². The molecule has 0 unspecified atom stereocenters. The van der Waals surface area contributed by atoms with Gasteiger partial charge in [-0.3, -0.25) is 0 Å². The van der Waals surface area contributed by atoms with Gasteiger partial charge in [-0.15, -0.1) is 0 Å². The lowest BCUT2D eigenvalue weighted by Crippen LogP contribution is -2.28. The number of fused-ring (bicyclic) bond motifs is 1. The van der Waals surface area contributed by atoms with Crippen LogP contribution in [0.15, 0.2) is 91.1 Å². The second-order valence-corrected chi connectivity index (χ2v) is 5.56. The predicted molar refractivity (Wildman–Crippen MR) is 93.8 cm³/mol. The van der Waals surface area contributed by atoms with E-state index in [9.17, 15) is 5.21 Å². The van der Waals surface area contributed by atoms with Crippen LogP contribution in [0.3, 0.4) is 0 Å². The first-order valence-corrected chi connectivity index (χ1v) is 7.59. The Hall–Kier alpha value is -3.13. The van der Waals surface area contributed by atoms with Crippen LogP contribution >= 0.6 is 0 Å². The van der Waals surface area contributed by atoms with Crippen molar-refractivity contribution in [1.29, 1.82) is 0 Å². The Bertz CT molecular complexity index is 960. The van der Waals surface area contributed by atoms with Crippen LogP contribution in [0.5, 0.6) is 0 Å². The molecule has 2 nitrogen and oxygen atoms in total. The van der Waals surface area contributed by atoms with Crippen LogP contribution in [0.25, 0.3) is 33.2 Å². The largest absolute Gasteiger partial charge is 0.618 e. The van der Waals surface area contributed by atoms with E-state index in [4.69, 9.17) is 0 Å². The van der Waals surface area contributed by atoms with Gasteiger partial charge < -0.3 is 5.21 Å². The van der Waals surface area contributed by atoms with Gasteiger partial charge in [-0.25, -0.2) is 0 Å². The number of hydrogen-bond donors (Lipinski definition) is 0. The molecule has 23 heavy (non-hydrogen) atoms. The Labute approximate surface area is 134 Å². The molecule has 0 bridgehead atoms. The third-order valence-electron chi connectivity index (χ3n) is 4.07. The van der Waals surface area contributed by atoms with Gasteiger partial charge in [0.05, 0.1) is 0 Å². The molecule has 0 saturated carbocycles. The molecule has 0 fully saturated rings. The zero-order valence-electron chi connectivity index (χ0n) is 12.5. The van der Waals surface area contributed by atoms with Gasteiger partial charge in [0.25, 0.3) is 0 Å². The van der Waals surface area contributed by atoms with Gasteiger partial charge in [0.15, 0.2) is 6.20 Å². The number of rotatable bonds is 2. The van der Waals surface area contributed by atoms with E-state index in [0.717, 1.165) is 26.6 Å². The molecule has 1 heterocycles. The Kier molecular flexibility index (Phi) is 3.28. The molecule has 0 aliphatic rings. The van der Waals surface area contributed by atoms with Gasteiger partial charge in [-0.2, -0.15) is 4.73 Å². The maximum absolute atomic E-state index is 12.3. The van der Waals surface area contributed by atoms with Crippen LogP contribution in [-0.4, -0.2) is 0 Å². The molecule has 3 aromatic carbocycles. The molecule has 0 aliphatic heterocycles. The summed E-state index contributed by atoms with van der Waals surface area (Å²) >= 11 is 0. The summed E-state index contributed by atoms with van der Waals surface area (Å²) in [5, 5.41) is 14.3. The minimum atomic E-state index is 0.670. The van der Waals surface area contributed by atoms with E-state index < -0.39 is 0 Å². The van der Waals surface area contributed by atoms with Crippen molar-refractivity contribution >= 4 is 10.8 Å². The monoisotopic (exact) mass is 297 g/mol. The quantitative estimate of drug-likeness (QED) is 0.385. The number of aromatic nitrogens is 1. The average molecular weight is 297 g/mol. The number of nitrogens with zero attached hydrogens (tertiary/aromatic N) is 1. The van der Waals surface area contributed by atoms with Crippen molar-refractivity contribution in [3.63, 3.8) is 0 Å². The Morgan fingerprint density at radius 2 is 1.13 bits per heavy atom. The summed E-state index contributed by atoms with van der Waals surface area (Å²) in [4.78, 5) is 0. The Morgan fingerprint density at radius 3 is 1.87 bits per heavy atom. The number of pyridine rings is 1. The normalized spacial score (nSPS) is 10.8. The molecule has 0 amide bonds. The second-order valence-electron chi connectivity index (χ2n) is 5.56. The fourth-order valence-corrected chi connectivity index (χ4v) is 2.84. The highest BCUT2D eigenvalue weighted by Gasteiger charge is 2.10. The molecule has 2 heteroatoms. The minimum absolute atomic E-state index is 0.670. The molecule has 0 radical (unpaired) electrons. The molecule has 110 valence electrons. The lowest BCUT2D eigenvalue weighted by molar-refractivity contribution is -0.592. The van der Waals surface area contributed by atoms with Gasteiger partial charge in [0.1, 0.15) is 0 Å². The SMILES string of the molecule is [O-][n+]1cc2ccccc2cc1-c1ccc(-c2ccccc2)cc1. The third kappa shape index (κ3) is 2.55. The average Bonchev–Trinajstić information content (AvgIpc) is 2.62. The molecule has 4 aromatic rings. The fraction of sp³-hybridized carbons (Fsp3) is 0. The van der Waals surface area contributed by atoms with Crippen molar-refractivity contribution in [2.45, 2.75) is 0 Å². The zero-order valence-corrected chi connectivity index (χ0v) is 12.5. The molecule has 0 aliphatic carbocycles. The molecular formula is C21H15NO. The van der Waals surface area contributed by atoms with Gasteiger partial charge in [0, 0.05) is 17.0 Å². The summed E-state index contributed by atoms with van der Waals surface area (Å²) in [6.45, 7) is 0. The molecular weight excluding hydrogens is 282 g/mol. The molecule has 0 saturated heterocycles. The lowest BCUT2D eigenvalue weighted by atomic mass is 10.0. The van der Waals surface area contributed by atoms with E-state index in [-0.39, 0.29) is 0 Å². The van der Waals surface area contributed by atoms with Crippen molar-refractivity contribution in [2.24, 2.45) is 0 Å². The molecule has 0 atom stereocenters. The van der Waals surface area contributed by atoms with Crippen LogP contribution in [-0.2, 0) is 0 Å². The Balaban J connectivity index is 1.78. The summed E-state index contributed by atoms with van der Waals surface area (Å²) < 4.78 is 0.944. The fourth-order valence-electron chi connectivity index (χ4n) is 2.84. The van der Waals surface area contributed by atoms with E-state index in [1.165, 1.54) is 5.56 Å². The lowest BCUT2D eigenvalue weighted by Gasteiger charge is -2.07. The van der Waals surface area contributed by atoms with Crippen molar-refractivity contribution in [3.8, 4) is 22.4 Å². The number of benzene rings is 3. The van der Waals surface area contributed by atoms with Gasteiger partial charge in [0.2, 0.25) is 5.69 Å². The van der Waals surface area contributed by atoms with Crippen LogP contribution in [0, 0.1) is 5.21 Å². The second kappa shape index (κ2) is 5.58. The maximum Gasteiger partial charge on any atom is 0.224 e. The third-order valence-corrected chi connectivity index (χ3v) is 4.07. The van der Waals surface area contributed by atoms with E-state index in [2.05, 4.69) is 24.3 Å². The molecule has 0 N–H and O–H groups in total. The summed E-state index contributed by atoms with van der Waals surface area (Å²) in [6.07, 6.45) is 1.63. The van der Waals surface area contributed by atoms with Crippen LogP contribution in [0.2, 0.25) is 0 Å². The summed E-state index contributed by atoms with van der Waals surface area (Å²) in [7, 11) is 0. The van der Waals surface area contributed by atoms with E-state index >= 15 is 0 Å². The minimum Gasteiger partial charge on any atom is -0.618 e. The van der Waals surface area contributed by atoms with E-state index in [1.807, 2.05) is 60.7 Å². The summed E-state index contributed by atoms with van der Waals surface area (Å²) in [5.41, 5.74) is 3.91. The summed E-state index contributed by atoms with van der Waals surface area (Å²) in [5.74, 6) is 0. The standard InChI is InChI=1S/C21H15NO/c23-22-15-20-9-5-4-8-19(20)14-21(22)18-12-10-17(11-13-18)16-6-2-1-3-7-16/h1-15H.